The molecule has 0 saturated heterocycles. The second-order valence-corrected chi connectivity index (χ2v) is 6.83. The zero-order valence-electron chi connectivity index (χ0n) is 17.2. The maximum absolute atomic E-state index is 12.6. The average Bonchev–Trinajstić information content (AvgIpc) is 2.82. The van der Waals surface area contributed by atoms with Gasteiger partial charge in [-0.25, -0.2) is 0 Å². The lowest BCUT2D eigenvalue weighted by Crippen LogP contribution is -2.24. The summed E-state index contributed by atoms with van der Waals surface area (Å²) in [5.74, 6) is 0.156. The van der Waals surface area contributed by atoms with Gasteiger partial charge in [-0.2, -0.15) is 5.26 Å². The molecule has 0 heterocycles. The van der Waals surface area contributed by atoms with E-state index in [-0.39, 0.29) is 18.4 Å². The quantitative estimate of drug-likeness (QED) is 0.587. The molecule has 3 aromatic rings. The average molecular weight is 413 g/mol. The molecule has 0 aliphatic carbocycles. The summed E-state index contributed by atoms with van der Waals surface area (Å²) < 4.78 is 5.78. The predicted molar refractivity (Wildman–Crippen MR) is 118 cm³/mol. The third-order valence-corrected chi connectivity index (χ3v) is 4.61. The molecule has 156 valence electrons. The van der Waals surface area contributed by atoms with E-state index in [1.54, 1.807) is 54.6 Å². The summed E-state index contributed by atoms with van der Waals surface area (Å²) in [4.78, 5) is 24.5. The van der Waals surface area contributed by atoms with E-state index in [4.69, 9.17) is 4.74 Å². The van der Waals surface area contributed by atoms with E-state index in [0.717, 1.165) is 11.1 Å². The van der Waals surface area contributed by atoms with E-state index in [9.17, 15) is 14.9 Å². The highest BCUT2D eigenvalue weighted by molar-refractivity contribution is 5.95. The number of ether oxygens (including phenoxy) is 1. The third kappa shape index (κ3) is 5.94. The fourth-order valence-corrected chi connectivity index (χ4v) is 3.01. The Kier molecular flexibility index (Phi) is 7.39. The third-order valence-electron chi connectivity index (χ3n) is 4.61. The van der Waals surface area contributed by atoms with Gasteiger partial charge in [-0.05, 0) is 48.9 Å². The summed E-state index contributed by atoms with van der Waals surface area (Å²) in [6.07, 6.45) is 0. The van der Waals surface area contributed by atoms with Gasteiger partial charge in [-0.1, -0.05) is 36.4 Å². The number of nitriles is 1. The first-order valence-corrected chi connectivity index (χ1v) is 9.97. The number of benzene rings is 3. The standard InChI is InChI=1S/C25H23N3O3/c1-2-27-24(29)19-10-5-7-18(13-19)16-28-25(30)20-11-6-12-23(14-20)31-17-22-9-4-3-8-21(22)15-26/h3-14H,2,16-17H2,1H3,(H,27,29)(H,28,30). The van der Waals surface area contributed by atoms with Crippen LogP contribution >= 0.6 is 0 Å². The largest absolute Gasteiger partial charge is 0.489 e. The molecule has 2 N–H and O–H groups in total. The van der Waals surface area contributed by atoms with Crippen LogP contribution in [-0.4, -0.2) is 18.4 Å². The van der Waals surface area contributed by atoms with Crippen LogP contribution in [0, 0.1) is 11.3 Å². The van der Waals surface area contributed by atoms with Gasteiger partial charge in [0.1, 0.15) is 12.4 Å². The number of rotatable bonds is 8. The molecule has 2 amide bonds. The van der Waals surface area contributed by atoms with Crippen LogP contribution in [0.25, 0.3) is 0 Å². The van der Waals surface area contributed by atoms with Crippen molar-refractivity contribution in [1.29, 1.82) is 5.26 Å². The van der Waals surface area contributed by atoms with Crippen molar-refractivity contribution in [1.82, 2.24) is 10.6 Å². The molecule has 6 nitrogen and oxygen atoms in total. The van der Waals surface area contributed by atoms with Crippen molar-refractivity contribution in [2.45, 2.75) is 20.1 Å². The van der Waals surface area contributed by atoms with Gasteiger partial charge < -0.3 is 15.4 Å². The van der Waals surface area contributed by atoms with E-state index >= 15 is 0 Å². The van der Waals surface area contributed by atoms with Crippen LogP contribution < -0.4 is 15.4 Å². The van der Waals surface area contributed by atoms with Crippen LogP contribution in [0.2, 0.25) is 0 Å². The molecule has 0 spiro atoms. The summed E-state index contributed by atoms with van der Waals surface area (Å²) in [6.45, 7) is 2.95. The van der Waals surface area contributed by atoms with Gasteiger partial charge in [-0.3, -0.25) is 9.59 Å². The van der Waals surface area contributed by atoms with Crippen molar-refractivity contribution in [2.24, 2.45) is 0 Å². The van der Waals surface area contributed by atoms with Crippen molar-refractivity contribution in [2.75, 3.05) is 6.54 Å². The summed E-state index contributed by atoms with van der Waals surface area (Å²) in [7, 11) is 0. The Labute approximate surface area is 181 Å². The van der Waals surface area contributed by atoms with E-state index in [2.05, 4.69) is 16.7 Å². The van der Waals surface area contributed by atoms with Crippen molar-refractivity contribution >= 4 is 11.8 Å². The van der Waals surface area contributed by atoms with Crippen molar-refractivity contribution in [3.8, 4) is 11.8 Å². The molecule has 31 heavy (non-hydrogen) atoms. The molecule has 3 rings (SSSR count). The van der Waals surface area contributed by atoms with Gasteiger partial charge >= 0.3 is 0 Å². The molecule has 0 atom stereocenters. The molecular formula is C25H23N3O3. The minimum atomic E-state index is -0.244. The fraction of sp³-hybridized carbons (Fsp3) is 0.160. The first-order valence-electron chi connectivity index (χ1n) is 9.97. The number of nitrogens with one attached hydrogen (secondary N) is 2. The van der Waals surface area contributed by atoms with Crippen molar-refractivity contribution < 1.29 is 14.3 Å². The lowest BCUT2D eigenvalue weighted by molar-refractivity contribution is 0.0946. The summed E-state index contributed by atoms with van der Waals surface area (Å²) in [5, 5.41) is 14.8. The van der Waals surface area contributed by atoms with Crippen molar-refractivity contribution in [3.05, 3.63) is 101 Å². The highest BCUT2D eigenvalue weighted by atomic mass is 16.5. The topological polar surface area (TPSA) is 91.2 Å². The molecule has 0 aliphatic rings. The monoisotopic (exact) mass is 413 g/mol. The number of carbonyl (C=O) groups excluding carboxylic acids is 2. The molecule has 0 aliphatic heterocycles. The number of hydrogen-bond acceptors (Lipinski definition) is 4. The first kappa shape index (κ1) is 21.6. The number of nitrogens with zero attached hydrogens (tertiary/aromatic N) is 1. The van der Waals surface area contributed by atoms with Gasteiger partial charge in [0.15, 0.2) is 0 Å². The van der Waals surface area contributed by atoms with Gasteiger partial charge in [0.05, 0.1) is 11.6 Å². The fourth-order valence-electron chi connectivity index (χ4n) is 3.01. The highest BCUT2D eigenvalue weighted by Crippen LogP contribution is 2.17. The Morgan fingerprint density at radius 1 is 0.903 bits per heavy atom. The Morgan fingerprint density at radius 2 is 1.61 bits per heavy atom. The lowest BCUT2D eigenvalue weighted by atomic mass is 10.1. The lowest BCUT2D eigenvalue weighted by Gasteiger charge is -2.10. The van der Waals surface area contributed by atoms with Gasteiger partial charge in [0.2, 0.25) is 0 Å². The summed E-state index contributed by atoms with van der Waals surface area (Å²) in [6, 6.07) is 23.4. The molecule has 0 radical (unpaired) electrons. The Morgan fingerprint density at radius 3 is 2.39 bits per heavy atom. The van der Waals surface area contributed by atoms with E-state index in [1.165, 1.54) is 0 Å². The molecule has 0 aromatic heterocycles. The molecule has 0 fully saturated rings. The van der Waals surface area contributed by atoms with Gasteiger partial charge in [0.25, 0.3) is 11.8 Å². The van der Waals surface area contributed by atoms with Crippen LogP contribution in [0.4, 0.5) is 0 Å². The first-order chi connectivity index (χ1) is 15.1. The maximum atomic E-state index is 12.6. The van der Waals surface area contributed by atoms with Crippen LogP contribution in [0.1, 0.15) is 44.3 Å². The molecule has 0 bridgehead atoms. The van der Waals surface area contributed by atoms with Crippen LogP contribution in [0.15, 0.2) is 72.8 Å². The molecule has 3 aromatic carbocycles. The Bertz CT molecular complexity index is 1120. The van der Waals surface area contributed by atoms with Gasteiger partial charge in [-0.15, -0.1) is 0 Å². The van der Waals surface area contributed by atoms with E-state index < -0.39 is 0 Å². The summed E-state index contributed by atoms with van der Waals surface area (Å²) >= 11 is 0. The SMILES string of the molecule is CCNC(=O)c1cccc(CNC(=O)c2cccc(OCc3ccccc3C#N)c2)c1. The molecule has 0 saturated carbocycles. The normalized spacial score (nSPS) is 10.1. The summed E-state index contributed by atoms with van der Waals surface area (Å²) in [5.41, 5.74) is 3.20. The zero-order valence-corrected chi connectivity index (χ0v) is 17.2. The minimum absolute atomic E-state index is 0.140. The van der Waals surface area contributed by atoms with E-state index in [1.807, 2.05) is 25.1 Å². The van der Waals surface area contributed by atoms with Crippen LogP contribution in [0.5, 0.6) is 5.75 Å². The van der Waals surface area contributed by atoms with Crippen LogP contribution in [-0.2, 0) is 13.2 Å². The van der Waals surface area contributed by atoms with Crippen molar-refractivity contribution in [3.63, 3.8) is 0 Å². The highest BCUT2D eigenvalue weighted by Gasteiger charge is 2.09. The van der Waals surface area contributed by atoms with E-state index in [0.29, 0.717) is 35.5 Å². The Balaban J connectivity index is 1.61. The zero-order chi connectivity index (χ0) is 22.1. The van der Waals surface area contributed by atoms with Crippen LogP contribution in [0.3, 0.4) is 0 Å². The Hall–Kier alpha value is -4.11. The molecule has 0 unspecified atom stereocenters. The predicted octanol–water partition coefficient (Wildman–Crippen LogP) is 3.82. The number of carbonyl (C=O) groups is 2. The van der Waals surface area contributed by atoms with Gasteiger partial charge in [0, 0.05) is 29.8 Å². The number of hydrogen-bond donors (Lipinski definition) is 2. The minimum Gasteiger partial charge on any atom is -0.489 e. The molecule has 6 heteroatoms. The number of amides is 2. The second-order valence-electron chi connectivity index (χ2n) is 6.83. The molecular weight excluding hydrogens is 390 g/mol. The second kappa shape index (κ2) is 10.6. The smallest absolute Gasteiger partial charge is 0.251 e. The maximum Gasteiger partial charge on any atom is 0.251 e.